The lowest BCUT2D eigenvalue weighted by molar-refractivity contribution is 0.0521. The number of carbonyl (C=O) groups excluding carboxylic acids is 1. The molecule has 2 aromatic heterocycles. The van der Waals surface area contributed by atoms with E-state index in [0.29, 0.717) is 47.7 Å². The fourth-order valence-corrected chi connectivity index (χ4v) is 6.76. The fourth-order valence-electron chi connectivity index (χ4n) is 5.70. The number of sulfonamides is 1. The Morgan fingerprint density at radius 2 is 1.88 bits per heavy atom. The lowest BCUT2D eigenvalue weighted by Gasteiger charge is -2.31. The molecule has 0 bridgehead atoms. The van der Waals surface area contributed by atoms with Crippen molar-refractivity contribution < 1.29 is 22.3 Å². The van der Waals surface area contributed by atoms with Crippen molar-refractivity contribution in [1.82, 2.24) is 29.6 Å². The largest absolute Gasteiger partial charge is 0.461 e. The summed E-state index contributed by atoms with van der Waals surface area (Å²) in [6, 6.07) is 17.1. The summed E-state index contributed by atoms with van der Waals surface area (Å²) in [5, 5.41) is 11.0. The first-order valence-electron chi connectivity index (χ1n) is 14.4. The minimum absolute atomic E-state index is 0.212. The average Bonchev–Trinajstić information content (AvgIpc) is 3.62. The Morgan fingerprint density at radius 1 is 1.09 bits per heavy atom. The minimum atomic E-state index is -3.60. The van der Waals surface area contributed by atoms with E-state index in [1.165, 1.54) is 12.1 Å². The van der Waals surface area contributed by atoms with E-state index in [4.69, 9.17) is 4.74 Å². The summed E-state index contributed by atoms with van der Waals surface area (Å²) < 4.78 is 49.5. The summed E-state index contributed by atoms with van der Waals surface area (Å²) in [7, 11) is -3.60. The van der Waals surface area contributed by atoms with E-state index in [0.717, 1.165) is 36.7 Å². The van der Waals surface area contributed by atoms with Gasteiger partial charge in [-0.05, 0) is 79.9 Å². The van der Waals surface area contributed by atoms with Gasteiger partial charge in [-0.25, -0.2) is 22.3 Å². The van der Waals surface area contributed by atoms with Gasteiger partial charge in [-0.3, -0.25) is 4.68 Å². The summed E-state index contributed by atoms with van der Waals surface area (Å²) in [6.07, 6.45) is 3.64. The number of benzene rings is 3. The van der Waals surface area contributed by atoms with Crippen LogP contribution in [0.2, 0.25) is 0 Å². The van der Waals surface area contributed by atoms with E-state index < -0.39 is 21.8 Å². The second kappa shape index (κ2) is 12.2. The van der Waals surface area contributed by atoms with Crippen molar-refractivity contribution in [3.05, 3.63) is 78.4 Å². The van der Waals surface area contributed by atoms with Gasteiger partial charge >= 0.3 is 5.97 Å². The molecule has 0 atom stereocenters. The third kappa shape index (κ3) is 6.31. The van der Waals surface area contributed by atoms with Crippen LogP contribution in [0.1, 0.15) is 30.3 Å². The van der Waals surface area contributed by atoms with Crippen LogP contribution in [0.5, 0.6) is 0 Å². The maximum absolute atomic E-state index is 14.1. The van der Waals surface area contributed by atoms with Gasteiger partial charge in [0.1, 0.15) is 17.2 Å². The van der Waals surface area contributed by atoms with E-state index in [2.05, 4.69) is 24.9 Å². The zero-order valence-corrected chi connectivity index (χ0v) is 24.6. The van der Waals surface area contributed by atoms with Gasteiger partial charge in [0, 0.05) is 36.1 Å². The monoisotopic (exact) mass is 604 g/mol. The molecule has 5 aromatic rings. The number of halogens is 1. The topological polar surface area (TPSA) is 122 Å². The maximum Gasteiger partial charge on any atom is 0.355 e. The number of hydrogen-bond acceptors (Lipinski definition) is 7. The highest BCUT2D eigenvalue weighted by Crippen LogP contribution is 2.32. The van der Waals surface area contributed by atoms with Crippen molar-refractivity contribution in [2.75, 3.05) is 32.8 Å². The van der Waals surface area contributed by atoms with Gasteiger partial charge < -0.3 is 14.6 Å². The quantitative estimate of drug-likeness (QED) is 0.224. The Labute approximate surface area is 248 Å². The van der Waals surface area contributed by atoms with Crippen LogP contribution in [0.25, 0.3) is 32.9 Å². The summed E-state index contributed by atoms with van der Waals surface area (Å²) in [6.45, 7) is 5.25. The second-order valence-electron chi connectivity index (χ2n) is 10.8. The molecule has 0 aliphatic carbocycles. The van der Waals surface area contributed by atoms with Crippen LogP contribution in [0.4, 0.5) is 4.39 Å². The predicted molar refractivity (Wildman–Crippen MR) is 162 cm³/mol. The van der Waals surface area contributed by atoms with E-state index in [9.17, 15) is 17.6 Å². The smallest absolute Gasteiger partial charge is 0.355 e. The second-order valence-corrected chi connectivity index (χ2v) is 12.6. The van der Waals surface area contributed by atoms with Crippen molar-refractivity contribution in [3.8, 4) is 11.3 Å². The van der Waals surface area contributed by atoms with Crippen LogP contribution in [0.3, 0.4) is 0 Å². The highest BCUT2D eigenvalue weighted by molar-refractivity contribution is 7.89. The Hall–Kier alpha value is -4.13. The molecule has 12 heteroatoms. The summed E-state index contributed by atoms with van der Waals surface area (Å²) in [5.74, 6) is -0.579. The van der Waals surface area contributed by atoms with Crippen LogP contribution in [0, 0.1) is 11.7 Å². The fraction of sp³-hybridized carbons (Fsp3) is 0.323. The van der Waals surface area contributed by atoms with Gasteiger partial charge in [0.05, 0.1) is 17.7 Å². The molecule has 0 spiro atoms. The number of likely N-dealkylation sites (tertiary alicyclic amines) is 1. The Bertz CT molecular complexity index is 1880. The molecule has 1 aliphatic heterocycles. The standard InChI is InChI=1S/C31H33FN6O4S/c1-2-42-31(39)30-29(26-18-24(32)8-10-27(26)34-30)28-20-38(36-35-28)19-21-11-14-37(15-12-21)16-13-33-43(40,41)25-9-7-22-5-3-4-6-23(22)17-25/h3-10,17-18,20-21,33-34H,2,11-16,19H2,1H3. The first-order chi connectivity index (χ1) is 20.8. The highest BCUT2D eigenvalue weighted by atomic mass is 32.2. The van der Waals surface area contributed by atoms with Crippen molar-refractivity contribution >= 4 is 37.7 Å². The van der Waals surface area contributed by atoms with E-state index in [1.807, 2.05) is 30.3 Å². The number of aromatic amines is 1. The molecule has 10 nitrogen and oxygen atoms in total. The van der Waals surface area contributed by atoms with Gasteiger partial charge in [-0.15, -0.1) is 5.10 Å². The number of H-pyrrole nitrogens is 1. The van der Waals surface area contributed by atoms with Crippen molar-refractivity contribution in [2.45, 2.75) is 31.2 Å². The number of nitrogens with zero attached hydrogens (tertiary/aromatic N) is 4. The molecule has 1 saturated heterocycles. The number of esters is 1. The van der Waals surface area contributed by atoms with Gasteiger partial charge in [-0.1, -0.05) is 35.5 Å². The first kappa shape index (κ1) is 29.0. The number of hydrogen-bond donors (Lipinski definition) is 2. The molecule has 0 unspecified atom stereocenters. The van der Waals surface area contributed by atoms with Crippen LogP contribution in [-0.4, -0.2) is 72.1 Å². The van der Waals surface area contributed by atoms with Gasteiger partial charge in [0.2, 0.25) is 10.0 Å². The van der Waals surface area contributed by atoms with Crippen LogP contribution < -0.4 is 4.72 Å². The number of nitrogens with one attached hydrogen (secondary N) is 2. The van der Waals surface area contributed by atoms with Crippen molar-refractivity contribution in [1.29, 1.82) is 0 Å². The zero-order valence-electron chi connectivity index (χ0n) is 23.8. The van der Waals surface area contributed by atoms with Gasteiger partial charge in [0.15, 0.2) is 0 Å². The number of rotatable bonds is 10. The molecule has 1 fully saturated rings. The molecule has 1 aliphatic rings. The summed E-state index contributed by atoms with van der Waals surface area (Å²) in [4.78, 5) is 18.2. The lowest BCUT2D eigenvalue weighted by atomic mass is 9.97. The molecular weight excluding hydrogens is 571 g/mol. The molecule has 2 N–H and O–H groups in total. The van der Waals surface area contributed by atoms with Crippen LogP contribution in [-0.2, 0) is 21.3 Å². The molecule has 0 amide bonds. The summed E-state index contributed by atoms with van der Waals surface area (Å²) in [5.41, 5.74) is 1.77. The molecule has 0 saturated carbocycles. The Balaban J connectivity index is 1.04. The minimum Gasteiger partial charge on any atom is -0.461 e. The average molecular weight is 605 g/mol. The molecule has 224 valence electrons. The molecule has 3 heterocycles. The number of piperidine rings is 1. The zero-order chi connectivity index (χ0) is 30.0. The lowest BCUT2D eigenvalue weighted by Crippen LogP contribution is -2.40. The van der Waals surface area contributed by atoms with E-state index in [1.54, 1.807) is 36.0 Å². The van der Waals surface area contributed by atoms with Gasteiger partial charge in [-0.2, -0.15) is 0 Å². The molecule has 43 heavy (non-hydrogen) atoms. The van der Waals surface area contributed by atoms with Crippen molar-refractivity contribution in [3.63, 3.8) is 0 Å². The van der Waals surface area contributed by atoms with Crippen molar-refractivity contribution in [2.24, 2.45) is 5.92 Å². The van der Waals surface area contributed by atoms with E-state index >= 15 is 0 Å². The van der Waals surface area contributed by atoms with Gasteiger partial charge in [0.25, 0.3) is 0 Å². The normalized spacial score (nSPS) is 14.9. The highest BCUT2D eigenvalue weighted by Gasteiger charge is 2.25. The number of fused-ring (bicyclic) bond motifs is 2. The Morgan fingerprint density at radius 3 is 2.67 bits per heavy atom. The molecular formula is C31H33FN6O4S. The SMILES string of the molecule is CCOC(=O)c1[nH]c2ccc(F)cc2c1-c1cn(CC2CCN(CCNS(=O)(=O)c3ccc4ccccc4c3)CC2)nn1. The predicted octanol–water partition coefficient (Wildman–Crippen LogP) is 4.59. The van der Waals surface area contributed by atoms with Crippen LogP contribution in [0.15, 0.2) is 71.8 Å². The van der Waals surface area contributed by atoms with E-state index in [-0.39, 0.29) is 17.2 Å². The number of aromatic nitrogens is 4. The number of ether oxygens (including phenoxy) is 1. The summed E-state index contributed by atoms with van der Waals surface area (Å²) >= 11 is 0. The molecule has 6 rings (SSSR count). The third-order valence-corrected chi connectivity index (χ3v) is 9.40. The number of carbonyl (C=O) groups is 1. The Kier molecular flexibility index (Phi) is 8.24. The first-order valence-corrected chi connectivity index (χ1v) is 15.9. The maximum atomic E-state index is 14.1. The molecule has 3 aromatic carbocycles. The third-order valence-electron chi connectivity index (χ3n) is 7.94. The van der Waals surface area contributed by atoms with Crippen LogP contribution >= 0.6 is 0 Å². The molecule has 0 radical (unpaired) electrons.